The zero-order valence-electron chi connectivity index (χ0n) is 10.9. The van der Waals surface area contributed by atoms with Crippen LogP contribution in [0.3, 0.4) is 0 Å². The summed E-state index contributed by atoms with van der Waals surface area (Å²) in [6.45, 7) is 1.74. The Morgan fingerprint density at radius 1 is 1.06 bits per heavy atom. The highest BCUT2D eigenvalue weighted by Crippen LogP contribution is 2.25. The molecule has 5 nitrogen and oxygen atoms in total. The number of hydrogen-bond acceptors (Lipinski definition) is 3. The molecule has 1 aliphatic carbocycles. The predicted molar refractivity (Wildman–Crippen MR) is 68.8 cm³/mol. The highest BCUT2D eigenvalue weighted by molar-refractivity contribution is 5.90. The molecule has 18 heavy (non-hydrogen) atoms. The molecule has 0 radical (unpaired) electrons. The Balaban J connectivity index is 1.78. The van der Waals surface area contributed by atoms with Gasteiger partial charge in [-0.25, -0.2) is 0 Å². The normalized spacial score (nSPS) is 22.8. The fraction of sp³-hybridized carbons (Fsp3) is 0.846. The van der Waals surface area contributed by atoms with Gasteiger partial charge in [0.25, 0.3) is 0 Å². The monoisotopic (exact) mass is 253 g/mol. The number of carbonyl (C=O) groups is 2. The van der Waals surface area contributed by atoms with Crippen LogP contribution in [0, 0.1) is 0 Å². The fourth-order valence-electron chi connectivity index (χ4n) is 2.82. The Kier molecular flexibility index (Phi) is 4.22. The van der Waals surface area contributed by atoms with Crippen molar-refractivity contribution in [1.29, 1.82) is 0 Å². The van der Waals surface area contributed by atoms with Crippen LogP contribution in [-0.4, -0.2) is 41.9 Å². The van der Waals surface area contributed by atoms with Gasteiger partial charge in [0.15, 0.2) is 0 Å². The summed E-state index contributed by atoms with van der Waals surface area (Å²) in [5.41, 5.74) is 5.36. The van der Waals surface area contributed by atoms with Crippen molar-refractivity contribution in [3.63, 3.8) is 0 Å². The average molecular weight is 253 g/mol. The zero-order chi connectivity index (χ0) is 13.0. The van der Waals surface area contributed by atoms with Crippen LogP contribution in [0.15, 0.2) is 0 Å². The molecule has 0 aromatic heterocycles. The topological polar surface area (TPSA) is 75.4 Å². The van der Waals surface area contributed by atoms with E-state index >= 15 is 0 Å². The van der Waals surface area contributed by atoms with Crippen molar-refractivity contribution in [2.24, 2.45) is 5.73 Å². The van der Waals surface area contributed by atoms with E-state index in [-0.39, 0.29) is 18.4 Å². The third-order valence-electron chi connectivity index (χ3n) is 4.06. The van der Waals surface area contributed by atoms with Crippen LogP contribution in [0.25, 0.3) is 0 Å². The van der Waals surface area contributed by atoms with E-state index in [9.17, 15) is 9.59 Å². The number of carbonyl (C=O) groups excluding carboxylic acids is 2. The lowest BCUT2D eigenvalue weighted by atomic mass is 9.82. The minimum Gasteiger partial charge on any atom is -0.345 e. The summed E-state index contributed by atoms with van der Waals surface area (Å²) in [7, 11) is 0. The molecule has 0 aromatic rings. The first-order chi connectivity index (χ1) is 8.62. The van der Waals surface area contributed by atoms with E-state index in [1.807, 2.05) is 4.90 Å². The second-order valence-corrected chi connectivity index (χ2v) is 5.49. The Morgan fingerprint density at radius 3 is 2.28 bits per heavy atom. The van der Waals surface area contributed by atoms with Gasteiger partial charge in [-0.1, -0.05) is 19.3 Å². The van der Waals surface area contributed by atoms with Crippen LogP contribution in [0.4, 0.5) is 0 Å². The van der Waals surface area contributed by atoms with Gasteiger partial charge in [0, 0.05) is 13.1 Å². The largest absolute Gasteiger partial charge is 0.345 e. The van der Waals surface area contributed by atoms with Crippen molar-refractivity contribution in [2.45, 2.75) is 50.5 Å². The van der Waals surface area contributed by atoms with E-state index in [0.717, 1.165) is 58.0 Å². The standard InChI is InChI=1S/C13H23N3O2/c14-13(6-2-1-3-7-13)12(18)15-10-11(17)16-8-4-5-9-16/h1-10,14H2,(H,15,18). The molecule has 102 valence electrons. The van der Waals surface area contributed by atoms with E-state index in [2.05, 4.69) is 5.32 Å². The SMILES string of the molecule is NC1(C(=O)NCC(=O)N2CCCC2)CCCCC1. The molecule has 0 aromatic carbocycles. The molecule has 5 heteroatoms. The van der Waals surface area contributed by atoms with E-state index in [0.29, 0.717) is 0 Å². The Hall–Kier alpha value is -1.10. The molecule has 2 amide bonds. The molecule has 0 spiro atoms. The molecule has 3 N–H and O–H groups in total. The van der Waals surface area contributed by atoms with Crippen LogP contribution in [-0.2, 0) is 9.59 Å². The van der Waals surface area contributed by atoms with E-state index in [4.69, 9.17) is 5.73 Å². The van der Waals surface area contributed by atoms with Gasteiger partial charge in [-0.2, -0.15) is 0 Å². The molecule has 2 fully saturated rings. The second kappa shape index (κ2) is 5.69. The Bertz CT molecular complexity index is 318. The van der Waals surface area contributed by atoms with Gasteiger partial charge in [0.2, 0.25) is 11.8 Å². The van der Waals surface area contributed by atoms with Gasteiger partial charge < -0.3 is 16.0 Å². The number of likely N-dealkylation sites (tertiary alicyclic amines) is 1. The molecule has 1 aliphatic heterocycles. The fourth-order valence-corrected chi connectivity index (χ4v) is 2.82. The van der Waals surface area contributed by atoms with Crippen LogP contribution < -0.4 is 11.1 Å². The summed E-state index contributed by atoms with van der Waals surface area (Å²) in [5.74, 6) is -0.144. The molecular formula is C13H23N3O2. The summed E-state index contributed by atoms with van der Waals surface area (Å²) in [6.07, 6.45) is 6.77. The van der Waals surface area contributed by atoms with Crippen LogP contribution in [0.1, 0.15) is 44.9 Å². The number of nitrogens with two attached hydrogens (primary N) is 1. The molecule has 0 atom stereocenters. The van der Waals surface area contributed by atoms with Crippen molar-refractivity contribution < 1.29 is 9.59 Å². The lowest BCUT2D eigenvalue weighted by Crippen LogP contribution is -2.56. The average Bonchev–Trinajstić information content (AvgIpc) is 2.90. The first kappa shape index (κ1) is 13.3. The maximum atomic E-state index is 12.0. The third kappa shape index (κ3) is 3.02. The van der Waals surface area contributed by atoms with Crippen LogP contribution >= 0.6 is 0 Å². The second-order valence-electron chi connectivity index (χ2n) is 5.49. The summed E-state index contributed by atoms with van der Waals surface area (Å²) in [4.78, 5) is 25.6. The number of rotatable bonds is 3. The summed E-state index contributed by atoms with van der Waals surface area (Å²) >= 11 is 0. The third-order valence-corrected chi connectivity index (χ3v) is 4.06. The molecule has 0 unspecified atom stereocenters. The lowest BCUT2D eigenvalue weighted by molar-refractivity contribution is -0.134. The van der Waals surface area contributed by atoms with Gasteiger partial charge in [0.05, 0.1) is 12.1 Å². The molecular weight excluding hydrogens is 230 g/mol. The van der Waals surface area contributed by atoms with Crippen molar-refractivity contribution in [3.8, 4) is 0 Å². The first-order valence-electron chi connectivity index (χ1n) is 6.97. The predicted octanol–water partition coefficient (Wildman–Crippen LogP) is 0.387. The number of nitrogens with zero attached hydrogens (tertiary/aromatic N) is 1. The van der Waals surface area contributed by atoms with Crippen LogP contribution in [0.2, 0.25) is 0 Å². The summed E-state index contributed by atoms with van der Waals surface area (Å²) in [6, 6.07) is 0. The first-order valence-corrected chi connectivity index (χ1v) is 6.97. The quantitative estimate of drug-likeness (QED) is 0.764. The van der Waals surface area contributed by atoms with Gasteiger partial charge in [-0.3, -0.25) is 9.59 Å². The van der Waals surface area contributed by atoms with Crippen molar-refractivity contribution in [1.82, 2.24) is 10.2 Å². The van der Waals surface area contributed by atoms with Crippen molar-refractivity contribution in [3.05, 3.63) is 0 Å². The molecule has 1 saturated carbocycles. The molecule has 1 heterocycles. The van der Waals surface area contributed by atoms with Gasteiger partial charge in [-0.05, 0) is 25.7 Å². The van der Waals surface area contributed by atoms with E-state index in [1.54, 1.807) is 0 Å². The van der Waals surface area contributed by atoms with Crippen LogP contribution in [0.5, 0.6) is 0 Å². The van der Waals surface area contributed by atoms with Gasteiger partial charge in [0.1, 0.15) is 0 Å². The smallest absolute Gasteiger partial charge is 0.241 e. The number of hydrogen-bond donors (Lipinski definition) is 2. The Labute approximate surface area is 108 Å². The Morgan fingerprint density at radius 2 is 1.67 bits per heavy atom. The number of nitrogens with one attached hydrogen (secondary N) is 1. The molecule has 2 rings (SSSR count). The van der Waals surface area contributed by atoms with E-state index in [1.165, 1.54) is 0 Å². The highest BCUT2D eigenvalue weighted by Gasteiger charge is 2.35. The van der Waals surface area contributed by atoms with Gasteiger partial charge >= 0.3 is 0 Å². The lowest BCUT2D eigenvalue weighted by Gasteiger charge is -2.31. The maximum Gasteiger partial charge on any atom is 0.241 e. The molecule has 2 aliphatic rings. The highest BCUT2D eigenvalue weighted by atomic mass is 16.2. The zero-order valence-corrected chi connectivity index (χ0v) is 10.9. The summed E-state index contributed by atoms with van der Waals surface area (Å²) in [5, 5.41) is 2.71. The molecule has 0 bridgehead atoms. The number of amides is 2. The van der Waals surface area contributed by atoms with Crippen molar-refractivity contribution in [2.75, 3.05) is 19.6 Å². The summed E-state index contributed by atoms with van der Waals surface area (Å²) < 4.78 is 0. The van der Waals surface area contributed by atoms with Crippen molar-refractivity contribution >= 4 is 11.8 Å². The van der Waals surface area contributed by atoms with E-state index < -0.39 is 5.54 Å². The minimum atomic E-state index is -0.746. The molecule has 1 saturated heterocycles. The maximum absolute atomic E-state index is 12.0. The minimum absolute atomic E-state index is 0.0141. The van der Waals surface area contributed by atoms with Gasteiger partial charge in [-0.15, -0.1) is 0 Å².